The van der Waals surface area contributed by atoms with E-state index in [9.17, 15) is 4.79 Å². The van der Waals surface area contributed by atoms with Crippen LogP contribution in [0, 0.1) is 0 Å². The second-order valence-electron chi connectivity index (χ2n) is 5.56. The molecule has 5 nitrogen and oxygen atoms in total. The molecule has 0 atom stereocenters. The van der Waals surface area contributed by atoms with E-state index in [-0.39, 0.29) is 12.3 Å². The van der Waals surface area contributed by atoms with Gasteiger partial charge in [-0.05, 0) is 36.2 Å². The second-order valence-corrected chi connectivity index (χ2v) is 6.40. The number of nitrogens with zero attached hydrogens (tertiary/aromatic N) is 2. The predicted molar refractivity (Wildman–Crippen MR) is 100 cm³/mol. The number of carbonyl (C=O) groups excluding carboxylic acids is 1. The van der Waals surface area contributed by atoms with Gasteiger partial charge in [-0.1, -0.05) is 30.1 Å². The van der Waals surface area contributed by atoms with Gasteiger partial charge in [-0.2, -0.15) is 4.73 Å². The van der Waals surface area contributed by atoms with Gasteiger partial charge in [0.25, 0.3) is 0 Å². The van der Waals surface area contributed by atoms with Gasteiger partial charge >= 0.3 is 0 Å². The summed E-state index contributed by atoms with van der Waals surface area (Å²) in [6, 6.07) is 7.18. The molecule has 130 valence electrons. The fourth-order valence-corrected chi connectivity index (χ4v) is 2.86. The zero-order valence-electron chi connectivity index (χ0n) is 13.6. The average Bonchev–Trinajstić information content (AvgIpc) is 2.92. The van der Waals surface area contributed by atoms with Crippen LogP contribution in [0.5, 0.6) is 0 Å². The van der Waals surface area contributed by atoms with Crippen LogP contribution in [0.25, 0.3) is 10.9 Å². The van der Waals surface area contributed by atoms with E-state index in [0.717, 1.165) is 22.9 Å². The standard InChI is InChI=1S/C18H17Cl2N3O2/c1-2-7-25-23-11-12(14-9-13(19)3-4-17(14)23)8-18(24)22-16-5-6-21-10-15(16)20/h3-6,9-11H,2,7-8H2,1H3,(H,21,22,24). The predicted octanol–water partition coefficient (Wildman–Crippen LogP) is 4.36. The van der Waals surface area contributed by atoms with Gasteiger partial charge in [-0.15, -0.1) is 0 Å². The quantitative estimate of drug-likeness (QED) is 0.693. The highest BCUT2D eigenvalue weighted by molar-refractivity contribution is 6.33. The molecule has 0 fully saturated rings. The van der Waals surface area contributed by atoms with Gasteiger partial charge in [0.05, 0.1) is 22.6 Å². The number of hydrogen-bond donors (Lipinski definition) is 1. The summed E-state index contributed by atoms with van der Waals surface area (Å²) in [6.07, 6.45) is 5.96. The van der Waals surface area contributed by atoms with Crippen LogP contribution in [-0.2, 0) is 11.2 Å². The topological polar surface area (TPSA) is 56.1 Å². The van der Waals surface area contributed by atoms with Gasteiger partial charge in [-0.25, -0.2) is 0 Å². The molecular formula is C18H17Cl2N3O2. The molecule has 25 heavy (non-hydrogen) atoms. The highest BCUT2D eigenvalue weighted by atomic mass is 35.5. The van der Waals surface area contributed by atoms with Crippen molar-refractivity contribution in [3.05, 3.63) is 58.5 Å². The molecule has 0 saturated carbocycles. The zero-order valence-corrected chi connectivity index (χ0v) is 15.1. The highest BCUT2D eigenvalue weighted by Gasteiger charge is 2.14. The Morgan fingerprint density at radius 3 is 2.92 bits per heavy atom. The van der Waals surface area contributed by atoms with Crippen molar-refractivity contribution < 1.29 is 9.63 Å². The Labute approximate surface area is 155 Å². The molecule has 0 bridgehead atoms. The molecule has 0 aliphatic heterocycles. The largest absolute Gasteiger partial charge is 0.414 e. The van der Waals surface area contributed by atoms with E-state index in [1.807, 2.05) is 25.3 Å². The molecular weight excluding hydrogens is 361 g/mol. The molecule has 2 aromatic heterocycles. The van der Waals surface area contributed by atoms with Gasteiger partial charge in [0, 0.05) is 29.0 Å². The first-order valence-electron chi connectivity index (χ1n) is 7.90. The van der Waals surface area contributed by atoms with E-state index in [1.54, 1.807) is 23.1 Å². The summed E-state index contributed by atoms with van der Waals surface area (Å²) < 4.78 is 1.69. The summed E-state index contributed by atoms with van der Waals surface area (Å²) in [4.78, 5) is 22.0. The normalized spacial score (nSPS) is 10.8. The van der Waals surface area contributed by atoms with Gasteiger partial charge in [0.15, 0.2) is 0 Å². The van der Waals surface area contributed by atoms with E-state index in [4.69, 9.17) is 28.0 Å². The van der Waals surface area contributed by atoms with Crippen LogP contribution in [-0.4, -0.2) is 22.2 Å². The van der Waals surface area contributed by atoms with Crippen molar-refractivity contribution in [1.29, 1.82) is 0 Å². The third kappa shape index (κ3) is 4.06. The van der Waals surface area contributed by atoms with E-state index < -0.39 is 0 Å². The van der Waals surface area contributed by atoms with E-state index in [0.29, 0.717) is 22.3 Å². The first-order chi connectivity index (χ1) is 12.1. The van der Waals surface area contributed by atoms with Crippen molar-refractivity contribution in [1.82, 2.24) is 9.71 Å². The molecule has 2 heterocycles. The Balaban J connectivity index is 1.86. The van der Waals surface area contributed by atoms with Crippen LogP contribution >= 0.6 is 23.2 Å². The van der Waals surface area contributed by atoms with Crippen molar-refractivity contribution in [3.8, 4) is 0 Å². The number of anilines is 1. The van der Waals surface area contributed by atoms with Crippen molar-refractivity contribution in [3.63, 3.8) is 0 Å². The van der Waals surface area contributed by atoms with E-state index in [1.165, 1.54) is 6.20 Å². The fourth-order valence-electron chi connectivity index (χ4n) is 2.52. The van der Waals surface area contributed by atoms with Crippen molar-refractivity contribution in [2.75, 3.05) is 11.9 Å². The SMILES string of the molecule is CCCOn1cc(CC(=O)Nc2ccncc2Cl)c2cc(Cl)ccc21. The monoisotopic (exact) mass is 377 g/mol. The molecule has 1 amide bonds. The maximum Gasteiger partial charge on any atom is 0.228 e. The number of rotatable bonds is 6. The Morgan fingerprint density at radius 1 is 1.32 bits per heavy atom. The molecule has 1 aromatic carbocycles. The molecule has 0 unspecified atom stereocenters. The molecule has 0 aliphatic carbocycles. The number of halogens is 2. The maximum absolute atomic E-state index is 12.4. The Hall–Kier alpha value is -2.24. The van der Waals surface area contributed by atoms with Crippen molar-refractivity contribution in [2.45, 2.75) is 19.8 Å². The Morgan fingerprint density at radius 2 is 2.16 bits per heavy atom. The van der Waals surface area contributed by atoms with Crippen LogP contribution < -0.4 is 10.2 Å². The van der Waals surface area contributed by atoms with Crippen LogP contribution in [0.15, 0.2) is 42.9 Å². The molecule has 7 heteroatoms. The Bertz CT molecular complexity index is 908. The summed E-state index contributed by atoms with van der Waals surface area (Å²) in [7, 11) is 0. The van der Waals surface area contributed by atoms with Crippen LogP contribution in [0.3, 0.4) is 0 Å². The van der Waals surface area contributed by atoms with Crippen molar-refractivity contribution in [2.24, 2.45) is 0 Å². The molecule has 0 radical (unpaired) electrons. The summed E-state index contributed by atoms with van der Waals surface area (Å²) in [5.74, 6) is -0.178. The average molecular weight is 378 g/mol. The van der Waals surface area contributed by atoms with Gasteiger partial charge in [0.2, 0.25) is 5.91 Å². The van der Waals surface area contributed by atoms with Gasteiger partial charge < -0.3 is 10.2 Å². The molecule has 1 N–H and O–H groups in total. The number of aromatic nitrogens is 2. The van der Waals surface area contributed by atoms with E-state index in [2.05, 4.69) is 10.3 Å². The lowest BCUT2D eigenvalue weighted by atomic mass is 10.1. The van der Waals surface area contributed by atoms with Crippen LogP contribution in [0.4, 0.5) is 5.69 Å². The number of amides is 1. The summed E-state index contributed by atoms with van der Waals surface area (Å²) in [6.45, 7) is 2.63. The van der Waals surface area contributed by atoms with Crippen LogP contribution in [0.2, 0.25) is 10.0 Å². The minimum Gasteiger partial charge on any atom is -0.414 e. The second kappa shape index (κ2) is 7.76. The van der Waals surface area contributed by atoms with Gasteiger partial charge in [0.1, 0.15) is 6.61 Å². The summed E-state index contributed by atoms with van der Waals surface area (Å²) in [5, 5.41) is 4.69. The zero-order chi connectivity index (χ0) is 17.8. The lowest BCUT2D eigenvalue weighted by molar-refractivity contribution is -0.115. The highest BCUT2D eigenvalue weighted by Crippen LogP contribution is 2.26. The minimum atomic E-state index is -0.178. The number of hydrogen-bond acceptors (Lipinski definition) is 3. The number of carbonyl (C=O) groups is 1. The number of nitrogens with one attached hydrogen (secondary N) is 1. The third-order valence-corrected chi connectivity index (χ3v) is 4.18. The minimum absolute atomic E-state index is 0.178. The Kier molecular flexibility index (Phi) is 5.46. The van der Waals surface area contributed by atoms with E-state index >= 15 is 0 Å². The number of pyridine rings is 1. The van der Waals surface area contributed by atoms with Gasteiger partial charge in [-0.3, -0.25) is 9.78 Å². The smallest absolute Gasteiger partial charge is 0.228 e. The van der Waals surface area contributed by atoms with Crippen molar-refractivity contribution >= 4 is 45.7 Å². The lowest BCUT2D eigenvalue weighted by Gasteiger charge is -2.06. The first kappa shape index (κ1) is 17.6. The maximum atomic E-state index is 12.4. The fraction of sp³-hybridized carbons (Fsp3) is 0.222. The molecule has 0 aliphatic rings. The first-order valence-corrected chi connectivity index (χ1v) is 8.66. The molecule has 3 aromatic rings. The number of benzene rings is 1. The summed E-state index contributed by atoms with van der Waals surface area (Å²) in [5.41, 5.74) is 2.24. The third-order valence-electron chi connectivity index (χ3n) is 3.65. The molecule has 3 rings (SSSR count). The lowest BCUT2D eigenvalue weighted by Crippen LogP contribution is -2.15. The summed E-state index contributed by atoms with van der Waals surface area (Å²) >= 11 is 12.1. The number of fused-ring (bicyclic) bond motifs is 1. The molecule has 0 spiro atoms. The molecule has 0 saturated heterocycles. The van der Waals surface area contributed by atoms with Crippen LogP contribution in [0.1, 0.15) is 18.9 Å².